The molecule has 0 amide bonds. The highest BCUT2D eigenvalue weighted by Crippen LogP contribution is 2.17. The van der Waals surface area contributed by atoms with Crippen molar-refractivity contribution >= 4 is 5.84 Å². The van der Waals surface area contributed by atoms with E-state index in [2.05, 4.69) is 10.5 Å². The van der Waals surface area contributed by atoms with E-state index >= 15 is 0 Å². The highest BCUT2D eigenvalue weighted by molar-refractivity contribution is 5.80. The van der Waals surface area contributed by atoms with Crippen molar-refractivity contribution in [3.05, 3.63) is 35.9 Å². The van der Waals surface area contributed by atoms with Crippen LogP contribution in [0.5, 0.6) is 0 Å². The van der Waals surface area contributed by atoms with E-state index in [0.29, 0.717) is 12.8 Å². The summed E-state index contributed by atoms with van der Waals surface area (Å²) in [5.74, 6) is 0.188. The molecule has 0 saturated carbocycles. The van der Waals surface area contributed by atoms with Crippen LogP contribution in [0, 0.1) is 0 Å². The first-order valence-electron chi connectivity index (χ1n) is 6.05. The van der Waals surface area contributed by atoms with Crippen LogP contribution in [0.15, 0.2) is 35.5 Å². The average molecular weight is 251 g/mol. The molecule has 5 heteroatoms. The van der Waals surface area contributed by atoms with E-state index in [1.54, 1.807) is 0 Å². The summed E-state index contributed by atoms with van der Waals surface area (Å²) in [6.45, 7) is 2.14. The monoisotopic (exact) mass is 251 g/mol. The molecule has 1 aromatic carbocycles. The van der Waals surface area contributed by atoms with Gasteiger partial charge in [0, 0.05) is 25.1 Å². The van der Waals surface area contributed by atoms with Gasteiger partial charge >= 0.3 is 0 Å². The van der Waals surface area contributed by atoms with Gasteiger partial charge in [-0.2, -0.15) is 0 Å². The molecule has 0 aliphatic carbocycles. The number of hydrogen-bond acceptors (Lipinski definition) is 4. The van der Waals surface area contributed by atoms with Crippen molar-refractivity contribution in [1.82, 2.24) is 5.32 Å². The number of nitrogens with one attached hydrogen (secondary N) is 1. The third kappa shape index (κ3) is 4.73. The average Bonchev–Trinajstić information content (AvgIpc) is 2.39. The molecule has 0 saturated heterocycles. The van der Waals surface area contributed by atoms with Crippen molar-refractivity contribution in [3.63, 3.8) is 0 Å². The number of nitrogens with zero attached hydrogens (tertiary/aromatic N) is 1. The minimum absolute atomic E-state index is 0.0244. The van der Waals surface area contributed by atoms with Gasteiger partial charge in [0.05, 0.1) is 0 Å². The largest absolute Gasteiger partial charge is 0.409 e. The fourth-order valence-electron chi connectivity index (χ4n) is 1.83. The van der Waals surface area contributed by atoms with Gasteiger partial charge < -0.3 is 21.4 Å². The Morgan fingerprint density at radius 2 is 2.06 bits per heavy atom. The molecule has 0 fully saturated rings. The molecule has 18 heavy (non-hydrogen) atoms. The van der Waals surface area contributed by atoms with Crippen LogP contribution in [0.4, 0.5) is 0 Å². The van der Waals surface area contributed by atoms with Crippen LogP contribution in [-0.2, 0) is 0 Å². The van der Waals surface area contributed by atoms with Crippen LogP contribution in [0.1, 0.15) is 31.4 Å². The molecule has 0 aromatic heterocycles. The van der Waals surface area contributed by atoms with Crippen molar-refractivity contribution in [1.29, 1.82) is 0 Å². The Kier molecular flexibility index (Phi) is 6.18. The molecule has 2 unspecified atom stereocenters. The van der Waals surface area contributed by atoms with E-state index in [-0.39, 0.29) is 24.5 Å². The normalized spacial score (nSPS) is 15.3. The van der Waals surface area contributed by atoms with Gasteiger partial charge in [0.1, 0.15) is 5.84 Å². The van der Waals surface area contributed by atoms with Crippen LogP contribution in [-0.4, -0.2) is 28.8 Å². The lowest BCUT2D eigenvalue weighted by Crippen LogP contribution is -2.34. The van der Waals surface area contributed by atoms with Gasteiger partial charge in [0.15, 0.2) is 0 Å². The maximum atomic E-state index is 8.92. The Balaban J connectivity index is 2.75. The molecular weight excluding hydrogens is 230 g/mol. The number of amidine groups is 1. The van der Waals surface area contributed by atoms with Gasteiger partial charge in [0.2, 0.25) is 0 Å². The second-order valence-corrected chi connectivity index (χ2v) is 4.34. The van der Waals surface area contributed by atoms with Crippen molar-refractivity contribution < 1.29 is 10.3 Å². The van der Waals surface area contributed by atoms with Crippen LogP contribution in [0.3, 0.4) is 0 Å². The summed E-state index contributed by atoms with van der Waals surface area (Å²) < 4.78 is 0. The van der Waals surface area contributed by atoms with Gasteiger partial charge in [-0.3, -0.25) is 0 Å². The Labute approximate surface area is 107 Å². The lowest BCUT2D eigenvalue weighted by atomic mass is 10.0. The van der Waals surface area contributed by atoms with Crippen molar-refractivity contribution in [3.8, 4) is 0 Å². The molecule has 1 aromatic rings. The van der Waals surface area contributed by atoms with Gasteiger partial charge in [-0.25, -0.2) is 0 Å². The topological polar surface area (TPSA) is 90.9 Å². The summed E-state index contributed by atoms with van der Waals surface area (Å²) in [6, 6.07) is 9.97. The Morgan fingerprint density at radius 1 is 1.39 bits per heavy atom. The molecular formula is C13H21N3O2. The van der Waals surface area contributed by atoms with E-state index in [9.17, 15) is 0 Å². The van der Waals surface area contributed by atoms with E-state index in [1.807, 2.05) is 37.3 Å². The van der Waals surface area contributed by atoms with E-state index in [0.717, 1.165) is 5.56 Å². The highest BCUT2D eigenvalue weighted by Gasteiger charge is 2.15. The maximum absolute atomic E-state index is 8.92. The summed E-state index contributed by atoms with van der Waals surface area (Å²) in [5.41, 5.74) is 6.65. The third-order valence-electron chi connectivity index (χ3n) is 2.79. The van der Waals surface area contributed by atoms with E-state index in [1.165, 1.54) is 0 Å². The van der Waals surface area contributed by atoms with Crippen molar-refractivity contribution in [2.75, 3.05) is 6.61 Å². The van der Waals surface area contributed by atoms with Crippen molar-refractivity contribution in [2.24, 2.45) is 10.9 Å². The molecule has 1 rings (SSSR count). The van der Waals surface area contributed by atoms with Gasteiger partial charge in [-0.1, -0.05) is 35.5 Å². The van der Waals surface area contributed by atoms with Crippen LogP contribution in [0.2, 0.25) is 0 Å². The molecule has 100 valence electrons. The maximum Gasteiger partial charge on any atom is 0.141 e. The standard InChI is InChI=1S/C13H21N3O2/c1-10(7-8-17)15-12(9-13(14)16-18)11-5-3-2-4-6-11/h2-6,10,12,15,17-18H,7-9H2,1H3,(H2,14,16). The lowest BCUT2D eigenvalue weighted by molar-refractivity contribution is 0.263. The molecule has 5 N–H and O–H groups in total. The number of benzene rings is 1. The number of oxime groups is 1. The van der Waals surface area contributed by atoms with E-state index < -0.39 is 0 Å². The molecule has 0 spiro atoms. The zero-order chi connectivity index (χ0) is 13.4. The Hall–Kier alpha value is -1.59. The highest BCUT2D eigenvalue weighted by atomic mass is 16.4. The second-order valence-electron chi connectivity index (χ2n) is 4.34. The summed E-state index contributed by atoms with van der Waals surface area (Å²) in [4.78, 5) is 0. The van der Waals surface area contributed by atoms with Gasteiger partial charge in [0.25, 0.3) is 0 Å². The zero-order valence-corrected chi connectivity index (χ0v) is 10.6. The minimum Gasteiger partial charge on any atom is -0.409 e. The van der Waals surface area contributed by atoms with Crippen LogP contribution < -0.4 is 11.1 Å². The second kappa shape index (κ2) is 7.68. The van der Waals surface area contributed by atoms with Gasteiger partial charge in [-0.05, 0) is 18.9 Å². The van der Waals surface area contributed by atoms with Crippen molar-refractivity contribution in [2.45, 2.75) is 31.8 Å². The predicted molar refractivity (Wildman–Crippen MR) is 71.5 cm³/mol. The summed E-state index contributed by atoms with van der Waals surface area (Å²) in [6.07, 6.45) is 1.09. The van der Waals surface area contributed by atoms with E-state index in [4.69, 9.17) is 16.0 Å². The summed E-state index contributed by atoms with van der Waals surface area (Å²) >= 11 is 0. The zero-order valence-electron chi connectivity index (χ0n) is 10.6. The first-order chi connectivity index (χ1) is 8.67. The fourth-order valence-corrected chi connectivity index (χ4v) is 1.83. The quantitative estimate of drug-likeness (QED) is 0.254. The molecule has 0 radical (unpaired) electrons. The molecule has 5 nitrogen and oxygen atoms in total. The number of aliphatic hydroxyl groups is 1. The number of aliphatic hydroxyl groups excluding tert-OH is 1. The molecule has 0 bridgehead atoms. The Morgan fingerprint density at radius 3 is 2.61 bits per heavy atom. The molecule has 0 aliphatic rings. The molecule has 0 aliphatic heterocycles. The summed E-state index contributed by atoms with van der Waals surface area (Å²) in [7, 11) is 0. The first-order valence-corrected chi connectivity index (χ1v) is 6.05. The smallest absolute Gasteiger partial charge is 0.141 e. The van der Waals surface area contributed by atoms with Gasteiger partial charge in [-0.15, -0.1) is 0 Å². The summed E-state index contributed by atoms with van der Waals surface area (Å²) in [5, 5.41) is 24.0. The first kappa shape index (κ1) is 14.5. The molecule has 2 atom stereocenters. The fraction of sp³-hybridized carbons (Fsp3) is 0.462. The van der Waals surface area contributed by atoms with Crippen LogP contribution >= 0.6 is 0 Å². The number of hydrogen-bond donors (Lipinski definition) is 4. The Bertz CT molecular complexity index is 368. The number of rotatable bonds is 7. The third-order valence-corrected chi connectivity index (χ3v) is 2.79. The predicted octanol–water partition coefficient (Wildman–Crippen LogP) is 1.22. The number of nitrogens with two attached hydrogens (primary N) is 1. The molecule has 0 heterocycles. The lowest BCUT2D eigenvalue weighted by Gasteiger charge is -2.23. The minimum atomic E-state index is -0.0244. The van der Waals surface area contributed by atoms with Crippen LogP contribution in [0.25, 0.3) is 0 Å². The SMILES string of the molecule is CC(CCO)NC(C/C(N)=N/O)c1ccccc1.